The molecule has 1 fully saturated rings. The van der Waals surface area contributed by atoms with Gasteiger partial charge in [0.25, 0.3) is 10.2 Å². The fourth-order valence-corrected chi connectivity index (χ4v) is 4.99. The van der Waals surface area contributed by atoms with Crippen molar-refractivity contribution in [3.8, 4) is 0 Å². The third-order valence-electron chi connectivity index (χ3n) is 4.68. The minimum absolute atomic E-state index is 0. The molecule has 5 nitrogen and oxygen atoms in total. The lowest BCUT2D eigenvalue weighted by molar-refractivity contribution is 0.401. The number of nitrogens with zero attached hydrogens (tertiary/aromatic N) is 1. The van der Waals surface area contributed by atoms with E-state index in [1.807, 2.05) is 18.2 Å². The zero-order chi connectivity index (χ0) is 15.6. The van der Waals surface area contributed by atoms with Gasteiger partial charge in [-0.3, -0.25) is 0 Å². The van der Waals surface area contributed by atoms with Gasteiger partial charge in [-0.15, -0.1) is 12.4 Å². The van der Waals surface area contributed by atoms with Gasteiger partial charge in [-0.2, -0.15) is 17.4 Å². The van der Waals surface area contributed by atoms with Crippen LogP contribution in [0.4, 0.5) is 5.69 Å². The highest BCUT2D eigenvalue weighted by Gasteiger charge is 2.29. The maximum Gasteiger partial charge on any atom is 0.280 e. The Balaban J connectivity index is 0.00000192. The van der Waals surface area contributed by atoms with Gasteiger partial charge in [-0.25, -0.2) is 0 Å². The molecule has 7 heteroatoms. The van der Waals surface area contributed by atoms with E-state index in [0.29, 0.717) is 13.1 Å². The van der Waals surface area contributed by atoms with Gasteiger partial charge in [0.1, 0.15) is 0 Å². The van der Waals surface area contributed by atoms with Crippen LogP contribution >= 0.6 is 12.4 Å². The first kappa shape index (κ1) is 18.5. The average molecular weight is 360 g/mol. The SMILES string of the molecule is Cl.Nc1ccc2c(c1)CCCC2NS(=O)(=O)N1CCCCCC1. The van der Waals surface area contributed by atoms with Crippen molar-refractivity contribution >= 4 is 28.3 Å². The van der Waals surface area contributed by atoms with Crippen molar-refractivity contribution in [3.63, 3.8) is 0 Å². The monoisotopic (exact) mass is 359 g/mol. The molecule has 2 aliphatic rings. The van der Waals surface area contributed by atoms with Crippen molar-refractivity contribution in [1.82, 2.24) is 9.03 Å². The second-order valence-electron chi connectivity index (χ2n) is 6.34. The van der Waals surface area contributed by atoms with Crippen LogP contribution in [0.2, 0.25) is 0 Å². The first-order valence-electron chi connectivity index (χ1n) is 8.22. The van der Waals surface area contributed by atoms with Crippen molar-refractivity contribution in [2.45, 2.75) is 51.0 Å². The molecule has 1 aromatic carbocycles. The highest BCUT2D eigenvalue weighted by atomic mass is 35.5. The van der Waals surface area contributed by atoms with Crippen LogP contribution in [0.3, 0.4) is 0 Å². The lowest BCUT2D eigenvalue weighted by Gasteiger charge is -2.29. The summed E-state index contributed by atoms with van der Waals surface area (Å²) in [6.45, 7) is 1.27. The Bertz CT molecular complexity index is 628. The van der Waals surface area contributed by atoms with Crippen LogP contribution in [0.1, 0.15) is 55.7 Å². The van der Waals surface area contributed by atoms with E-state index < -0.39 is 10.2 Å². The number of aryl methyl sites for hydroxylation is 1. The van der Waals surface area contributed by atoms with E-state index in [1.165, 1.54) is 5.56 Å². The van der Waals surface area contributed by atoms with Crippen LogP contribution in [0.5, 0.6) is 0 Å². The van der Waals surface area contributed by atoms with Crippen molar-refractivity contribution in [3.05, 3.63) is 29.3 Å². The smallest absolute Gasteiger partial charge is 0.280 e. The largest absolute Gasteiger partial charge is 0.399 e. The highest BCUT2D eigenvalue weighted by molar-refractivity contribution is 7.87. The summed E-state index contributed by atoms with van der Waals surface area (Å²) < 4.78 is 29.9. The molecule has 3 N–H and O–H groups in total. The van der Waals surface area contributed by atoms with Crippen molar-refractivity contribution in [2.75, 3.05) is 18.8 Å². The molecule has 1 heterocycles. The number of hydrogen-bond acceptors (Lipinski definition) is 3. The lowest BCUT2D eigenvalue weighted by Crippen LogP contribution is -2.43. The van der Waals surface area contributed by atoms with E-state index >= 15 is 0 Å². The molecule has 1 aromatic rings. The quantitative estimate of drug-likeness (QED) is 0.815. The minimum Gasteiger partial charge on any atom is -0.399 e. The summed E-state index contributed by atoms with van der Waals surface area (Å²) in [5.41, 5.74) is 8.85. The normalized spacial score (nSPS) is 22.7. The summed E-state index contributed by atoms with van der Waals surface area (Å²) >= 11 is 0. The molecule has 0 spiro atoms. The molecule has 3 rings (SSSR count). The van der Waals surface area contributed by atoms with Crippen LogP contribution in [0.15, 0.2) is 18.2 Å². The predicted octanol–water partition coefficient (Wildman–Crippen LogP) is 2.78. The van der Waals surface area contributed by atoms with Gasteiger partial charge in [-0.05, 0) is 55.4 Å². The van der Waals surface area contributed by atoms with Crippen LogP contribution < -0.4 is 10.5 Å². The van der Waals surface area contributed by atoms with Crippen LogP contribution in [0, 0.1) is 0 Å². The van der Waals surface area contributed by atoms with E-state index in [4.69, 9.17) is 5.73 Å². The molecule has 0 aromatic heterocycles. The van der Waals surface area contributed by atoms with Crippen molar-refractivity contribution in [2.24, 2.45) is 0 Å². The predicted molar refractivity (Wildman–Crippen MR) is 95.9 cm³/mol. The van der Waals surface area contributed by atoms with E-state index in [2.05, 4.69) is 4.72 Å². The highest BCUT2D eigenvalue weighted by Crippen LogP contribution is 2.32. The van der Waals surface area contributed by atoms with Crippen molar-refractivity contribution < 1.29 is 8.42 Å². The van der Waals surface area contributed by atoms with Crippen molar-refractivity contribution in [1.29, 1.82) is 0 Å². The zero-order valence-corrected chi connectivity index (χ0v) is 15.0. The molecule has 0 amide bonds. The van der Waals surface area contributed by atoms with Gasteiger partial charge in [-0.1, -0.05) is 18.9 Å². The van der Waals surface area contributed by atoms with E-state index in [0.717, 1.165) is 56.2 Å². The Hall–Kier alpha value is -0.820. The molecule has 0 saturated carbocycles. The summed E-state index contributed by atoms with van der Waals surface area (Å²) in [5.74, 6) is 0. The maximum absolute atomic E-state index is 12.7. The Morgan fingerprint density at radius 3 is 2.48 bits per heavy atom. The Labute approximate surface area is 145 Å². The average Bonchev–Trinajstić information content (AvgIpc) is 2.76. The second-order valence-corrected chi connectivity index (χ2v) is 8.04. The summed E-state index contributed by atoms with van der Waals surface area (Å²) in [7, 11) is -3.41. The number of benzene rings is 1. The summed E-state index contributed by atoms with van der Waals surface area (Å²) in [5, 5.41) is 0. The molecule has 1 aliphatic heterocycles. The molecule has 1 aliphatic carbocycles. The third-order valence-corrected chi connectivity index (χ3v) is 6.30. The molecule has 130 valence electrons. The van der Waals surface area contributed by atoms with Gasteiger partial charge in [0, 0.05) is 24.8 Å². The molecule has 1 atom stereocenters. The number of fused-ring (bicyclic) bond motifs is 1. The third kappa shape index (κ3) is 4.38. The number of nitrogens with one attached hydrogen (secondary N) is 1. The van der Waals surface area contributed by atoms with E-state index in [1.54, 1.807) is 4.31 Å². The fraction of sp³-hybridized carbons (Fsp3) is 0.625. The molecule has 1 unspecified atom stereocenters. The number of rotatable bonds is 3. The first-order valence-corrected chi connectivity index (χ1v) is 9.66. The van der Waals surface area contributed by atoms with Gasteiger partial charge >= 0.3 is 0 Å². The number of nitrogen functional groups attached to an aromatic ring is 1. The van der Waals surface area contributed by atoms with Gasteiger partial charge in [0.2, 0.25) is 0 Å². The summed E-state index contributed by atoms with van der Waals surface area (Å²) in [4.78, 5) is 0. The number of nitrogens with two attached hydrogens (primary N) is 1. The van der Waals surface area contributed by atoms with Gasteiger partial charge in [0.15, 0.2) is 0 Å². The van der Waals surface area contributed by atoms with Gasteiger partial charge in [0.05, 0.1) is 0 Å². The molecule has 0 radical (unpaired) electrons. The molecule has 1 saturated heterocycles. The van der Waals surface area contributed by atoms with Crippen LogP contribution in [0.25, 0.3) is 0 Å². The van der Waals surface area contributed by atoms with Crippen LogP contribution in [-0.2, 0) is 16.6 Å². The summed E-state index contributed by atoms with van der Waals surface area (Å²) in [6.07, 6.45) is 6.97. The van der Waals surface area contributed by atoms with Gasteiger partial charge < -0.3 is 5.73 Å². The lowest BCUT2D eigenvalue weighted by atomic mass is 9.88. The molecular formula is C16H26ClN3O2S. The Kier molecular flexibility index (Phi) is 6.31. The standard InChI is InChI=1S/C16H25N3O2S.ClH/c17-14-8-9-15-13(12-14)6-5-7-16(15)18-22(20,21)19-10-3-1-2-4-11-19;/h8-9,12,16,18H,1-7,10-11,17H2;1H. The second kappa shape index (κ2) is 7.83. The molecule has 23 heavy (non-hydrogen) atoms. The molecule has 0 bridgehead atoms. The minimum atomic E-state index is -3.41. The topological polar surface area (TPSA) is 75.4 Å². The first-order chi connectivity index (χ1) is 10.6. The van der Waals surface area contributed by atoms with E-state index in [-0.39, 0.29) is 18.4 Å². The molecular weight excluding hydrogens is 334 g/mol. The van der Waals surface area contributed by atoms with E-state index in [9.17, 15) is 8.42 Å². The maximum atomic E-state index is 12.7. The fourth-order valence-electron chi connectivity index (χ4n) is 3.49. The number of hydrogen-bond donors (Lipinski definition) is 2. The zero-order valence-electron chi connectivity index (χ0n) is 13.3. The van der Waals surface area contributed by atoms with Crippen LogP contribution in [-0.4, -0.2) is 25.8 Å². The Morgan fingerprint density at radius 2 is 1.78 bits per heavy atom. The number of anilines is 1. The summed E-state index contributed by atoms with van der Waals surface area (Å²) in [6, 6.07) is 5.68. The number of halogens is 1. The Morgan fingerprint density at radius 1 is 1.09 bits per heavy atom.